The Bertz CT molecular complexity index is 670. The van der Waals surface area contributed by atoms with Crippen molar-refractivity contribution in [2.45, 2.75) is 6.92 Å². The van der Waals surface area contributed by atoms with Crippen molar-refractivity contribution in [2.75, 3.05) is 0 Å². The zero-order valence-corrected chi connectivity index (χ0v) is 12.2. The summed E-state index contributed by atoms with van der Waals surface area (Å²) >= 11 is 5.21. The van der Waals surface area contributed by atoms with Gasteiger partial charge in [-0.25, -0.2) is 4.98 Å². The predicted octanol–water partition coefficient (Wildman–Crippen LogP) is 4.88. The van der Waals surface area contributed by atoms with Gasteiger partial charge in [-0.3, -0.25) is 0 Å². The molecule has 0 aliphatic rings. The van der Waals surface area contributed by atoms with Crippen molar-refractivity contribution >= 4 is 27.3 Å². The Labute approximate surface area is 118 Å². The molecule has 3 aromatic rings. The lowest BCUT2D eigenvalue weighted by molar-refractivity contribution is 1.15. The molecule has 2 heterocycles. The molecule has 1 N–H and O–H groups in total. The Morgan fingerprint density at radius 1 is 1.11 bits per heavy atom. The SMILES string of the molecule is Cc1nc(-c2ccccc2)c(-c2ccc(Br)s2)[nH]1. The lowest BCUT2D eigenvalue weighted by atomic mass is 10.1. The van der Waals surface area contributed by atoms with E-state index in [0.717, 1.165) is 26.6 Å². The van der Waals surface area contributed by atoms with Crippen LogP contribution < -0.4 is 0 Å². The van der Waals surface area contributed by atoms with E-state index in [1.807, 2.05) is 25.1 Å². The largest absolute Gasteiger partial charge is 0.341 e. The van der Waals surface area contributed by atoms with Gasteiger partial charge < -0.3 is 4.98 Å². The maximum atomic E-state index is 4.60. The van der Waals surface area contributed by atoms with Crippen molar-refractivity contribution in [3.63, 3.8) is 0 Å². The van der Waals surface area contributed by atoms with E-state index in [2.05, 4.69) is 50.2 Å². The van der Waals surface area contributed by atoms with Crippen molar-refractivity contribution in [3.8, 4) is 21.8 Å². The number of rotatable bonds is 2. The summed E-state index contributed by atoms with van der Waals surface area (Å²) < 4.78 is 1.13. The summed E-state index contributed by atoms with van der Waals surface area (Å²) in [5.41, 5.74) is 3.25. The molecule has 0 amide bonds. The molecule has 1 aromatic carbocycles. The minimum absolute atomic E-state index is 0.938. The molecule has 0 aliphatic carbocycles. The first-order valence-electron chi connectivity index (χ1n) is 5.62. The highest BCUT2D eigenvalue weighted by Gasteiger charge is 2.13. The standard InChI is InChI=1S/C14H11BrN2S/c1-9-16-13(10-5-3-2-4-6-10)14(17-9)11-7-8-12(15)18-11/h2-8H,1H3,(H,16,17). The van der Waals surface area contributed by atoms with Crippen LogP contribution in [0.25, 0.3) is 21.8 Å². The van der Waals surface area contributed by atoms with Gasteiger partial charge in [0.05, 0.1) is 20.1 Å². The molecule has 0 fully saturated rings. The average molecular weight is 319 g/mol. The predicted molar refractivity (Wildman–Crippen MR) is 79.8 cm³/mol. The van der Waals surface area contributed by atoms with Crippen LogP contribution in [-0.2, 0) is 0 Å². The monoisotopic (exact) mass is 318 g/mol. The number of halogens is 1. The van der Waals surface area contributed by atoms with Crippen LogP contribution in [0.2, 0.25) is 0 Å². The van der Waals surface area contributed by atoms with E-state index >= 15 is 0 Å². The molecule has 0 aliphatic heterocycles. The Hall–Kier alpha value is -1.39. The first-order chi connectivity index (χ1) is 8.74. The highest BCUT2D eigenvalue weighted by molar-refractivity contribution is 9.11. The second kappa shape index (κ2) is 4.71. The van der Waals surface area contributed by atoms with Gasteiger partial charge in [0.25, 0.3) is 0 Å². The topological polar surface area (TPSA) is 28.7 Å². The van der Waals surface area contributed by atoms with E-state index in [4.69, 9.17) is 0 Å². The normalized spacial score (nSPS) is 10.8. The van der Waals surface area contributed by atoms with E-state index in [0.29, 0.717) is 0 Å². The maximum Gasteiger partial charge on any atom is 0.104 e. The van der Waals surface area contributed by atoms with Crippen LogP contribution in [0.5, 0.6) is 0 Å². The van der Waals surface area contributed by atoms with Crippen LogP contribution >= 0.6 is 27.3 Å². The number of aryl methyl sites for hydroxylation is 1. The number of hydrogen-bond donors (Lipinski definition) is 1. The van der Waals surface area contributed by atoms with Crippen molar-refractivity contribution in [1.82, 2.24) is 9.97 Å². The summed E-state index contributed by atoms with van der Waals surface area (Å²) in [7, 11) is 0. The van der Waals surface area contributed by atoms with Gasteiger partial charge in [0, 0.05) is 5.56 Å². The Morgan fingerprint density at radius 2 is 1.89 bits per heavy atom. The van der Waals surface area contributed by atoms with Crippen molar-refractivity contribution in [3.05, 3.63) is 52.1 Å². The van der Waals surface area contributed by atoms with Gasteiger partial charge in [0.2, 0.25) is 0 Å². The average Bonchev–Trinajstić information content (AvgIpc) is 2.96. The van der Waals surface area contributed by atoms with Gasteiger partial charge in [-0.1, -0.05) is 30.3 Å². The number of nitrogens with one attached hydrogen (secondary N) is 1. The molecule has 0 unspecified atom stereocenters. The fourth-order valence-electron chi connectivity index (χ4n) is 1.92. The van der Waals surface area contributed by atoms with Gasteiger partial charge in [-0.15, -0.1) is 11.3 Å². The minimum Gasteiger partial charge on any atom is -0.341 e. The molecule has 2 nitrogen and oxygen atoms in total. The van der Waals surface area contributed by atoms with Crippen LogP contribution in [0.15, 0.2) is 46.3 Å². The maximum absolute atomic E-state index is 4.60. The van der Waals surface area contributed by atoms with Gasteiger partial charge in [-0.2, -0.15) is 0 Å². The number of aromatic amines is 1. The smallest absolute Gasteiger partial charge is 0.104 e. The zero-order chi connectivity index (χ0) is 12.5. The number of thiophene rings is 1. The number of nitrogens with zero attached hydrogens (tertiary/aromatic N) is 1. The molecule has 0 saturated heterocycles. The fraction of sp³-hybridized carbons (Fsp3) is 0.0714. The van der Waals surface area contributed by atoms with Crippen molar-refractivity contribution < 1.29 is 0 Å². The summed E-state index contributed by atoms with van der Waals surface area (Å²) in [6, 6.07) is 14.4. The second-order valence-corrected chi connectivity index (χ2v) is 6.48. The van der Waals surface area contributed by atoms with Crippen LogP contribution in [0.3, 0.4) is 0 Å². The molecule has 0 saturated carbocycles. The molecule has 0 atom stereocenters. The Balaban J connectivity index is 2.16. The quantitative estimate of drug-likeness (QED) is 0.717. The van der Waals surface area contributed by atoms with Gasteiger partial charge >= 0.3 is 0 Å². The summed E-state index contributed by atoms with van der Waals surface area (Å²) in [6.45, 7) is 1.98. The third kappa shape index (κ3) is 2.13. The molecule has 0 radical (unpaired) electrons. The summed E-state index contributed by atoms with van der Waals surface area (Å²) in [4.78, 5) is 9.15. The van der Waals surface area contributed by atoms with Crippen molar-refractivity contribution in [1.29, 1.82) is 0 Å². The number of H-pyrrole nitrogens is 1. The van der Waals surface area contributed by atoms with Gasteiger partial charge in [0.15, 0.2) is 0 Å². The van der Waals surface area contributed by atoms with E-state index in [-0.39, 0.29) is 0 Å². The first-order valence-corrected chi connectivity index (χ1v) is 7.23. The molecular weight excluding hydrogens is 308 g/mol. The number of benzene rings is 1. The molecule has 0 bridgehead atoms. The van der Waals surface area contributed by atoms with Crippen molar-refractivity contribution in [2.24, 2.45) is 0 Å². The van der Waals surface area contributed by atoms with Gasteiger partial charge in [-0.05, 0) is 35.0 Å². The molecular formula is C14H11BrN2S. The second-order valence-electron chi connectivity index (χ2n) is 4.02. The van der Waals surface area contributed by atoms with E-state index in [1.54, 1.807) is 11.3 Å². The Kier molecular flexibility index (Phi) is 3.06. The summed E-state index contributed by atoms with van der Waals surface area (Å²) in [5.74, 6) is 0.938. The lowest BCUT2D eigenvalue weighted by Crippen LogP contribution is -1.80. The molecule has 0 spiro atoms. The van der Waals surface area contributed by atoms with E-state index < -0.39 is 0 Å². The third-order valence-corrected chi connectivity index (χ3v) is 4.33. The third-order valence-electron chi connectivity index (χ3n) is 2.69. The zero-order valence-electron chi connectivity index (χ0n) is 9.77. The van der Waals surface area contributed by atoms with Gasteiger partial charge in [0.1, 0.15) is 5.82 Å². The molecule has 3 rings (SSSR count). The Morgan fingerprint density at radius 3 is 2.56 bits per heavy atom. The molecule has 18 heavy (non-hydrogen) atoms. The van der Waals surface area contributed by atoms with Crippen LogP contribution in [-0.4, -0.2) is 9.97 Å². The first kappa shape index (κ1) is 11.7. The summed E-state index contributed by atoms with van der Waals surface area (Å²) in [5, 5.41) is 0. The highest BCUT2D eigenvalue weighted by atomic mass is 79.9. The fourth-order valence-corrected chi connectivity index (χ4v) is 3.31. The summed E-state index contributed by atoms with van der Waals surface area (Å²) in [6.07, 6.45) is 0. The molecule has 2 aromatic heterocycles. The van der Waals surface area contributed by atoms with E-state index in [1.165, 1.54) is 4.88 Å². The van der Waals surface area contributed by atoms with Crippen LogP contribution in [0, 0.1) is 6.92 Å². The minimum atomic E-state index is 0.938. The number of aromatic nitrogens is 2. The lowest BCUT2D eigenvalue weighted by Gasteiger charge is -2.00. The number of hydrogen-bond acceptors (Lipinski definition) is 2. The molecule has 4 heteroatoms. The highest BCUT2D eigenvalue weighted by Crippen LogP contribution is 2.35. The van der Waals surface area contributed by atoms with E-state index in [9.17, 15) is 0 Å². The number of imidazole rings is 1. The molecule has 90 valence electrons. The van der Waals surface area contributed by atoms with Crippen LogP contribution in [0.4, 0.5) is 0 Å². The van der Waals surface area contributed by atoms with Crippen LogP contribution in [0.1, 0.15) is 5.82 Å².